The Labute approximate surface area is 96.1 Å². The lowest BCUT2D eigenvalue weighted by molar-refractivity contribution is 0.577. The third-order valence-electron chi connectivity index (χ3n) is 3.10. The van der Waals surface area contributed by atoms with Gasteiger partial charge in [-0.05, 0) is 32.2 Å². The van der Waals surface area contributed by atoms with Gasteiger partial charge in [-0.25, -0.2) is 4.98 Å². The van der Waals surface area contributed by atoms with Crippen LogP contribution in [-0.4, -0.2) is 11.5 Å². The van der Waals surface area contributed by atoms with Crippen LogP contribution in [0.25, 0.3) is 0 Å². The summed E-state index contributed by atoms with van der Waals surface area (Å²) in [6, 6.07) is 0.463. The molecule has 0 aromatic carbocycles. The molecule has 0 saturated heterocycles. The molecule has 0 spiro atoms. The number of hydrogen-bond donors (Lipinski definition) is 1. The average Bonchev–Trinajstić information content (AvgIpc) is 2.80. The summed E-state index contributed by atoms with van der Waals surface area (Å²) in [6.07, 6.45) is 4.58. The highest BCUT2D eigenvalue weighted by atomic mass is 32.1. The van der Waals surface area contributed by atoms with Crippen LogP contribution in [0.5, 0.6) is 0 Å². The van der Waals surface area contributed by atoms with E-state index in [1.807, 2.05) is 11.3 Å². The van der Waals surface area contributed by atoms with E-state index in [9.17, 15) is 0 Å². The summed E-state index contributed by atoms with van der Waals surface area (Å²) in [5, 5.41) is 4.85. The van der Waals surface area contributed by atoms with Crippen LogP contribution in [-0.2, 0) is 0 Å². The van der Waals surface area contributed by atoms with Crippen LogP contribution in [0.4, 0.5) is 0 Å². The van der Waals surface area contributed by atoms with Crippen LogP contribution in [0.15, 0.2) is 6.20 Å². The fourth-order valence-corrected chi connectivity index (χ4v) is 2.99. The van der Waals surface area contributed by atoms with Gasteiger partial charge in [0.1, 0.15) is 0 Å². The molecule has 0 bridgehead atoms. The van der Waals surface area contributed by atoms with Gasteiger partial charge in [-0.3, -0.25) is 0 Å². The Morgan fingerprint density at radius 3 is 3.00 bits per heavy atom. The van der Waals surface area contributed by atoms with E-state index >= 15 is 0 Å². The summed E-state index contributed by atoms with van der Waals surface area (Å²) in [5.41, 5.74) is 0. The van der Waals surface area contributed by atoms with Gasteiger partial charge in [0.25, 0.3) is 0 Å². The molecule has 3 heteroatoms. The average molecular weight is 224 g/mol. The molecule has 1 aromatic rings. The van der Waals surface area contributed by atoms with Gasteiger partial charge < -0.3 is 5.32 Å². The largest absolute Gasteiger partial charge is 0.309 e. The maximum atomic E-state index is 4.54. The fourth-order valence-electron chi connectivity index (χ4n) is 1.80. The Morgan fingerprint density at radius 1 is 1.67 bits per heavy atom. The Kier molecular flexibility index (Phi) is 3.42. The van der Waals surface area contributed by atoms with E-state index in [2.05, 4.69) is 37.3 Å². The van der Waals surface area contributed by atoms with Gasteiger partial charge in [0, 0.05) is 23.0 Å². The number of aromatic nitrogens is 1. The zero-order valence-electron chi connectivity index (χ0n) is 9.79. The smallest absolute Gasteiger partial charge is 0.0961 e. The summed E-state index contributed by atoms with van der Waals surface area (Å²) >= 11 is 1.89. The summed E-state index contributed by atoms with van der Waals surface area (Å²) in [7, 11) is 0. The molecule has 3 unspecified atom stereocenters. The molecule has 2 rings (SSSR count). The van der Waals surface area contributed by atoms with Crippen LogP contribution in [0.1, 0.15) is 55.5 Å². The van der Waals surface area contributed by atoms with Gasteiger partial charge in [0.15, 0.2) is 0 Å². The van der Waals surface area contributed by atoms with E-state index < -0.39 is 0 Å². The maximum Gasteiger partial charge on any atom is 0.0961 e. The zero-order chi connectivity index (χ0) is 10.8. The molecule has 1 saturated carbocycles. The summed E-state index contributed by atoms with van der Waals surface area (Å²) in [6.45, 7) is 7.83. The third-order valence-corrected chi connectivity index (χ3v) is 4.41. The molecule has 0 aliphatic heterocycles. The molecule has 0 radical (unpaired) electrons. The van der Waals surface area contributed by atoms with Crippen LogP contribution < -0.4 is 5.32 Å². The number of thiazole rings is 1. The lowest BCUT2D eigenvalue weighted by Gasteiger charge is -2.09. The van der Waals surface area contributed by atoms with Crippen molar-refractivity contribution < 1.29 is 0 Å². The SMILES string of the molecule is CCCNC(C)c1cnc(C2CC2C)s1. The molecule has 1 fully saturated rings. The number of rotatable bonds is 5. The molecule has 1 aliphatic carbocycles. The van der Waals surface area contributed by atoms with E-state index in [0.29, 0.717) is 6.04 Å². The van der Waals surface area contributed by atoms with Crippen molar-refractivity contribution in [3.8, 4) is 0 Å². The first-order chi connectivity index (χ1) is 7.22. The van der Waals surface area contributed by atoms with Crippen molar-refractivity contribution in [2.24, 2.45) is 5.92 Å². The molecule has 84 valence electrons. The molecular weight excluding hydrogens is 204 g/mol. The second-order valence-corrected chi connectivity index (χ2v) is 5.69. The third kappa shape index (κ3) is 2.58. The van der Waals surface area contributed by atoms with Crippen molar-refractivity contribution >= 4 is 11.3 Å². The van der Waals surface area contributed by atoms with Crippen LogP contribution >= 0.6 is 11.3 Å². The van der Waals surface area contributed by atoms with Crippen molar-refractivity contribution in [2.45, 2.75) is 45.6 Å². The van der Waals surface area contributed by atoms with Crippen molar-refractivity contribution in [2.75, 3.05) is 6.54 Å². The van der Waals surface area contributed by atoms with Crippen LogP contribution in [0, 0.1) is 5.92 Å². The van der Waals surface area contributed by atoms with Crippen molar-refractivity contribution in [1.82, 2.24) is 10.3 Å². The first-order valence-corrected chi connectivity index (χ1v) is 6.73. The van der Waals surface area contributed by atoms with Gasteiger partial charge in [0.2, 0.25) is 0 Å². The summed E-state index contributed by atoms with van der Waals surface area (Å²) < 4.78 is 0. The zero-order valence-corrected chi connectivity index (χ0v) is 10.6. The standard InChI is InChI=1S/C12H20N2S/c1-4-5-13-9(3)11-7-14-12(15-11)10-6-8(10)2/h7-10,13H,4-6H2,1-3H3. The Hall–Kier alpha value is -0.410. The van der Waals surface area contributed by atoms with E-state index in [0.717, 1.165) is 18.4 Å². The fraction of sp³-hybridized carbons (Fsp3) is 0.750. The van der Waals surface area contributed by atoms with Gasteiger partial charge in [-0.15, -0.1) is 11.3 Å². The summed E-state index contributed by atoms with van der Waals surface area (Å²) in [5.74, 6) is 1.63. The number of nitrogens with one attached hydrogen (secondary N) is 1. The second-order valence-electron chi connectivity index (χ2n) is 4.60. The van der Waals surface area contributed by atoms with E-state index in [-0.39, 0.29) is 0 Å². The molecular formula is C12H20N2S. The highest BCUT2D eigenvalue weighted by Gasteiger charge is 2.36. The topological polar surface area (TPSA) is 24.9 Å². The van der Waals surface area contributed by atoms with Crippen molar-refractivity contribution in [3.05, 3.63) is 16.1 Å². The molecule has 1 heterocycles. The lowest BCUT2D eigenvalue weighted by atomic mass is 10.3. The quantitative estimate of drug-likeness (QED) is 0.830. The minimum Gasteiger partial charge on any atom is -0.309 e. The van der Waals surface area contributed by atoms with Gasteiger partial charge >= 0.3 is 0 Å². The Morgan fingerprint density at radius 2 is 2.40 bits per heavy atom. The first-order valence-electron chi connectivity index (χ1n) is 5.91. The van der Waals surface area contributed by atoms with E-state index in [1.165, 1.54) is 22.7 Å². The second kappa shape index (κ2) is 4.62. The molecule has 0 amide bonds. The van der Waals surface area contributed by atoms with E-state index in [4.69, 9.17) is 0 Å². The van der Waals surface area contributed by atoms with Gasteiger partial charge in [0.05, 0.1) is 5.01 Å². The Balaban J connectivity index is 1.94. The number of nitrogens with zero attached hydrogens (tertiary/aromatic N) is 1. The van der Waals surface area contributed by atoms with Crippen molar-refractivity contribution in [1.29, 1.82) is 0 Å². The molecule has 2 nitrogen and oxygen atoms in total. The minimum absolute atomic E-state index is 0.463. The molecule has 1 aromatic heterocycles. The Bertz CT molecular complexity index is 321. The normalized spacial score (nSPS) is 26.6. The summed E-state index contributed by atoms with van der Waals surface area (Å²) in [4.78, 5) is 5.92. The monoisotopic (exact) mass is 224 g/mol. The van der Waals surface area contributed by atoms with Crippen LogP contribution in [0.3, 0.4) is 0 Å². The highest BCUT2D eigenvalue weighted by molar-refractivity contribution is 7.11. The molecule has 3 atom stereocenters. The van der Waals surface area contributed by atoms with Crippen molar-refractivity contribution in [3.63, 3.8) is 0 Å². The molecule has 1 aliphatic rings. The number of hydrogen-bond acceptors (Lipinski definition) is 3. The molecule has 15 heavy (non-hydrogen) atoms. The maximum absolute atomic E-state index is 4.54. The minimum atomic E-state index is 0.463. The first kappa shape index (κ1) is 11.1. The lowest BCUT2D eigenvalue weighted by Crippen LogP contribution is -2.18. The predicted molar refractivity (Wildman–Crippen MR) is 65.3 cm³/mol. The van der Waals surface area contributed by atoms with Crippen LogP contribution in [0.2, 0.25) is 0 Å². The highest BCUT2D eigenvalue weighted by Crippen LogP contribution is 2.48. The van der Waals surface area contributed by atoms with Gasteiger partial charge in [-0.2, -0.15) is 0 Å². The van der Waals surface area contributed by atoms with E-state index in [1.54, 1.807) is 0 Å². The van der Waals surface area contributed by atoms with Gasteiger partial charge in [-0.1, -0.05) is 13.8 Å². The molecule has 1 N–H and O–H groups in total. The predicted octanol–water partition coefficient (Wildman–Crippen LogP) is 3.33.